The number of hydrogen-bond donors (Lipinski definition) is 1. The molecule has 0 heterocycles. The molecule has 1 N–H and O–H groups in total. The predicted molar refractivity (Wildman–Crippen MR) is 66.1 cm³/mol. The van der Waals surface area contributed by atoms with Crippen LogP contribution in [0.2, 0.25) is 0 Å². The SMILES string of the molecule is CNc1cccc(-c2c(F)ccc(C)c2F)c1. The predicted octanol–water partition coefficient (Wildman–Crippen LogP) is 3.98. The van der Waals surface area contributed by atoms with Crippen LogP contribution in [0.5, 0.6) is 0 Å². The summed E-state index contributed by atoms with van der Waals surface area (Å²) in [5.74, 6) is -1.04. The molecule has 3 heteroatoms. The summed E-state index contributed by atoms with van der Waals surface area (Å²) in [4.78, 5) is 0. The van der Waals surface area contributed by atoms with E-state index in [1.807, 2.05) is 6.07 Å². The summed E-state index contributed by atoms with van der Waals surface area (Å²) < 4.78 is 27.6. The number of halogens is 2. The van der Waals surface area contributed by atoms with Gasteiger partial charge in [0.15, 0.2) is 0 Å². The van der Waals surface area contributed by atoms with Crippen molar-refractivity contribution in [2.24, 2.45) is 0 Å². The van der Waals surface area contributed by atoms with E-state index >= 15 is 0 Å². The first-order valence-electron chi connectivity index (χ1n) is 5.36. The molecular formula is C14H13F2N. The Kier molecular flexibility index (Phi) is 3.09. The number of aryl methyl sites for hydroxylation is 1. The highest BCUT2D eigenvalue weighted by molar-refractivity contribution is 5.69. The molecule has 0 unspecified atom stereocenters. The van der Waals surface area contributed by atoms with Gasteiger partial charge in [0.25, 0.3) is 0 Å². The first kappa shape index (κ1) is 11.6. The van der Waals surface area contributed by atoms with E-state index in [1.165, 1.54) is 12.1 Å². The van der Waals surface area contributed by atoms with Gasteiger partial charge in [-0.3, -0.25) is 0 Å². The van der Waals surface area contributed by atoms with Gasteiger partial charge in [-0.2, -0.15) is 0 Å². The van der Waals surface area contributed by atoms with Crippen LogP contribution in [-0.4, -0.2) is 7.05 Å². The van der Waals surface area contributed by atoms with Crippen LogP contribution in [0.15, 0.2) is 36.4 Å². The zero-order valence-electron chi connectivity index (χ0n) is 9.72. The molecule has 0 fully saturated rings. The maximum atomic E-state index is 13.9. The molecule has 0 atom stereocenters. The standard InChI is InChI=1S/C14H13F2N/c1-9-6-7-12(15)13(14(9)16)10-4-3-5-11(8-10)17-2/h3-8,17H,1-2H3. The van der Waals surface area contributed by atoms with Gasteiger partial charge in [-0.1, -0.05) is 18.2 Å². The summed E-state index contributed by atoms with van der Waals surface area (Å²) in [7, 11) is 1.77. The van der Waals surface area contributed by atoms with Crippen molar-refractivity contribution in [1.82, 2.24) is 0 Å². The summed E-state index contributed by atoms with van der Waals surface area (Å²) in [5, 5.41) is 2.95. The van der Waals surface area contributed by atoms with Crippen molar-refractivity contribution >= 4 is 5.69 Å². The van der Waals surface area contributed by atoms with Crippen LogP contribution < -0.4 is 5.32 Å². The second kappa shape index (κ2) is 4.53. The first-order valence-corrected chi connectivity index (χ1v) is 5.36. The lowest BCUT2D eigenvalue weighted by atomic mass is 10.0. The lowest BCUT2D eigenvalue weighted by molar-refractivity contribution is 0.584. The number of benzene rings is 2. The molecule has 2 aromatic rings. The molecule has 0 aliphatic rings. The molecule has 0 radical (unpaired) electrons. The van der Waals surface area contributed by atoms with E-state index in [0.717, 1.165) is 5.69 Å². The van der Waals surface area contributed by atoms with Crippen molar-refractivity contribution in [2.45, 2.75) is 6.92 Å². The Bertz CT molecular complexity index is 550. The monoisotopic (exact) mass is 233 g/mol. The summed E-state index contributed by atoms with van der Waals surface area (Å²) in [6, 6.07) is 9.76. The van der Waals surface area contributed by atoms with Crippen molar-refractivity contribution in [3.05, 3.63) is 53.6 Å². The van der Waals surface area contributed by atoms with Gasteiger partial charge in [-0.25, -0.2) is 8.78 Å². The van der Waals surface area contributed by atoms with E-state index in [2.05, 4.69) is 5.32 Å². The minimum Gasteiger partial charge on any atom is -0.388 e. The summed E-state index contributed by atoms with van der Waals surface area (Å²) in [5.41, 5.74) is 1.83. The van der Waals surface area contributed by atoms with Crippen molar-refractivity contribution < 1.29 is 8.78 Å². The van der Waals surface area contributed by atoms with Gasteiger partial charge in [-0.15, -0.1) is 0 Å². The number of nitrogens with one attached hydrogen (secondary N) is 1. The molecule has 2 rings (SSSR count). The van der Waals surface area contributed by atoms with Crippen molar-refractivity contribution in [2.75, 3.05) is 12.4 Å². The van der Waals surface area contributed by atoms with Gasteiger partial charge in [-0.05, 0) is 36.2 Å². The van der Waals surface area contributed by atoms with Crippen LogP contribution in [0.3, 0.4) is 0 Å². The third kappa shape index (κ3) is 2.13. The second-order valence-corrected chi connectivity index (χ2v) is 3.88. The molecule has 0 aliphatic heterocycles. The molecule has 88 valence electrons. The molecule has 1 nitrogen and oxygen atoms in total. The van der Waals surface area contributed by atoms with E-state index in [1.54, 1.807) is 32.2 Å². The normalized spacial score (nSPS) is 10.4. The van der Waals surface area contributed by atoms with Crippen molar-refractivity contribution in [3.63, 3.8) is 0 Å². The van der Waals surface area contributed by atoms with Crippen LogP contribution in [0, 0.1) is 18.6 Å². The average molecular weight is 233 g/mol. The third-order valence-electron chi connectivity index (χ3n) is 2.72. The van der Waals surface area contributed by atoms with E-state index in [-0.39, 0.29) is 5.56 Å². The lowest BCUT2D eigenvalue weighted by Gasteiger charge is -2.09. The van der Waals surface area contributed by atoms with E-state index in [4.69, 9.17) is 0 Å². The Labute approximate surface area is 99.1 Å². The lowest BCUT2D eigenvalue weighted by Crippen LogP contribution is -1.94. The highest BCUT2D eigenvalue weighted by Gasteiger charge is 2.13. The molecule has 0 aromatic heterocycles. The molecule has 0 saturated heterocycles. The van der Waals surface area contributed by atoms with Gasteiger partial charge in [0.05, 0.1) is 5.56 Å². The number of rotatable bonds is 2. The minimum atomic E-state index is -0.540. The average Bonchev–Trinajstić information content (AvgIpc) is 2.35. The number of hydrogen-bond acceptors (Lipinski definition) is 1. The third-order valence-corrected chi connectivity index (χ3v) is 2.72. The van der Waals surface area contributed by atoms with Gasteiger partial charge in [0, 0.05) is 12.7 Å². The Hall–Kier alpha value is -1.90. The van der Waals surface area contributed by atoms with Crippen LogP contribution in [0.1, 0.15) is 5.56 Å². The fourth-order valence-electron chi connectivity index (χ4n) is 1.75. The zero-order valence-corrected chi connectivity index (χ0v) is 9.72. The maximum Gasteiger partial charge on any atom is 0.136 e. The first-order chi connectivity index (χ1) is 8.13. The quantitative estimate of drug-likeness (QED) is 0.827. The zero-order chi connectivity index (χ0) is 12.4. The molecular weight excluding hydrogens is 220 g/mol. The topological polar surface area (TPSA) is 12.0 Å². The summed E-state index contributed by atoms with van der Waals surface area (Å²) in [6.45, 7) is 1.63. The summed E-state index contributed by atoms with van der Waals surface area (Å²) in [6.07, 6.45) is 0. The van der Waals surface area contributed by atoms with Crippen molar-refractivity contribution in [1.29, 1.82) is 0 Å². The van der Waals surface area contributed by atoms with Gasteiger partial charge < -0.3 is 5.32 Å². The fourth-order valence-corrected chi connectivity index (χ4v) is 1.75. The Morgan fingerprint density at radius 3 is 2.53 bits per heavy atom. The number of anilines is 1. The van der Waals surface area contributed by atoms with Gasteiger partial charge in [0.2, 0.25) is 0 Å². The molecule has 0 saturated carbocycles. The van der Waals surface area contributed by atoms with Crippen molar-refractivity contribution in [3.8, 4) is 11.1 Å². The highest BCUT2D eigenvalue weighted by atomic mass is 19.1. The Morgan fingerprint density at radius 2 is 1.82 bits per heavy atom. The molecule has 0 spiro atoms. The minimum absolute atomic E-state index is 0.0297. The van der Waals surface area contributed by atoms with E-state index in [0.29, 0.717) is 11.1 Å². The second-order valence-electron chi connectivity index (χ2n) is 3.88. The largest absolute Gasteiger partial charge is 0.388 e. The molecule has 0 amide bonds. The van der Waals surface area contributed by atoms with E-state index < -0.39 is 11.6 Å². The van der Waals surface area contributed by atoms with Crippen LogP contribution in [-0.2, 0) is 0 Å². The molecule has 0 bridgehead atoms. The highest BCUT2D eigenvalue weighted by Crippen LogP contribution is 2.29. The van der Waals surface area contributed by atoms with Crippen LogP contribution >= 0.6 is 0 Å². The van der Waals surface area contributed by atoms with Crippen LogP contribution in [0.25, 0.3) is 11.1 Å². The smallest absolute Gasteiger partial charge is 0.136 e. The molecule has 17 heavy (non-hydrogen) atoms. The molecule has 2 aromatic carbocycles. The van der Waals surface area contributed by atoms with E-state index in [9.17, 15) is 8.78 Å². The van der Waals surface area contributed by atoms with Crippen LogP contribution in [0.4, 0.5) is 14.5 Å². The fraction of sp³-hybridized carbons (Fsp3) is 0.143. The summed E-state index contributed by atoms with van der Waals surface area (Å²) >= 11 is 0. The molecule has 0 aliphatic carbocycles. The Balaban J connectivity index is 2.63. The maximum absolute atomic E-state index is 13.9. The van der Waals surface area contributed by atoms with Gasteiger partial charge in [0.1, 0.15) is 11.6 Å². The Morgan fingerprint density at radius 1 is 1.06 bits per heavy atom. The van der Waals surface area contributed by atoms with Gasteiger partial charge >= 0.3 is 0 Å².